The number of fused-ring (bicyclic) bond motifs is 1. The molecule has 0 bridgehead atoms. The third-order valence-electron chi connectivity index (χ3n) is 4.71. The van der Waals surface area contributed by atoms with E-state index >= 15 is 0 Å². The normalized spacial score (nSPS) is 11.5. The Balaban J connectivity index is 1.56. The van der Waals surface area contributed by atoms with E-state index in [1.54, 1.807) is 18.5 Å². The largest absolute Gasteiger partial charge is 0.489 e. The highest BCUT2D eigenvalue weighted by atomic mass is 127. The second-order valence-electron chi connectivity index (χ2n) is 8.40. The first kappa shape index (κ1) is 22.3. The summed E-state index contributed by atoms with van der Waals surface area (Å²) in [5, 5.41) is 1.13. The van der Waals surface area contributed by atoms with Crippen molar-refractivity contribution in [3.63, 3.8) is 0 Å². The van der Waals surface area contributed by atoms with Crippen LogP contribution in [0.4, 0.5) is 0 Å². The molecule has 0 spiro atoms. The molecule has 2 aromatic carbocycles. The topological polar surface area (TPSA) is 66.2 Å². The lowest BCUT2D eigenvalue weighted by molar-refractivity contribution is -0.153. The number of hydrogen-bond donors (Lipinski definition) is 0. The molecule has 164 valence electrons. The Hall–Kier alpha value is -2.94. The number of benzene rings is 2. The highest BCUT2D eigenvalue weighted by Crippen LogP contribution is 2.27. The Kier molecular flexibility index (Phi) is 6.45. The molecule has 6 nitrogen and oxygen atoms in total. The Morgan fingerprint density at radius 1 is 1.06 bits per heavy atom. The molecule has 4 aromatic rings. The van der Waals surface area contributed by atoms with Crippen LogP contribution in [0.15, 0.2) is 67.1 Å². The van der Waals surface area contributed by atoms with Crippen LogP contribution in [-0.2, 0) is 22.6 Å². The van der Waals surface area contributed by atoms with Crippen LogP contribution in [0, 0.1) is 3.57 Å². The molecule has 7 heteroatoms. The summed E-state index contributed by atoms with van der Waals surface area (Å²) in [5.74, 6) is 1.03. The molecule has 0 unspecified atom stereocenters. The number of aromatic nitrogens is 3. The third-order valence-corrected chi connectivity index (χ3v) is 5.60. The number of hydrogen-bond acceptors (Lipinski definition) is 5. The fraction of sp³-hybridized carbons (Fsp3) is 0.240. The molecule has 0 aliphatic carbocycles. The Morgan fingerprint density at radius 3 is 2.56 bits per heavy atom. The molecular formula is C25H24IN3O3. The van der Waals surface area contributed by atoms with Gasteiger partial charge < -0.3 is 9.47 Å². The molecule has 4 rings (SSSR count). The maximum Gasteiger partial charge on any atom is 0.310 e. The number of ether oxygens (including phenoxy) is 2. The van der Waals surface area contributed by atoms with E-state index in [-0.39, 0.29) is 12.4 Å². The van der Waals surface area contributed by atoms with Crippen LogP contribution in [0.5, 0.6) is 5.75 Å². The van der Waals surface area contributed by atoms with Crippen LogP contribution < -0.4 is 4.74 Å². The van der Waals surface area contributed by atoms with Crippen molar-refractivity contribution in [2.24, 2.45) is 0 Å². The van der Waals surface area contributed by atoms with Crippen LogP contribution in [0.2, 0.25) is 0 Å². The first-order chi connectivity index (χ1) is 15.3. The van der Waals surface area contributed by atoms with E-state index in [0.29, 0.717) is 18.3 Å². The lowest BCUT2D eigenvalue weighted by Crippen LogP contribution is -2.25. The van der Waals surface area contributed by atoms with E-state index in [2.05, 4.69) is 50.8 Å². The maximum atomic E-state index is 12.3. The van der Waals surface area contributed by atoms with Crippen LogP contribution in [0.3, 0.4) is 0 Å². The Bertz CT molecular complexity index is 1250. The predicted octanol–water partition coefficient (Wildman–Crippen LogP) is 5.49. The van der Waals surface area contributed by atoms with Gasteiger partial charge >= 0.3 is 5.97 Å². The number of nitrogens with zero attached hydrogens (tertiary/aromatic N) is 3. The summed E-state index contributed by atoms with van der Waals surface area (Å²) in [4.78, 5) is 21.0. The van der Waals surface area contributed by atoms with E-state index in [1.807, 2.05) is 55.8 Å². The van der Waals surface area contributed by atoms with Crippen molar-refractivity contribution < 1.29 is 14.3 Å². The summed E-state index contributed by atoms with van der Waals surface area (Å²) in [7, 11) is 0. The van der Waals surface area contributed by atoms with Gasteiger partial charge in [0.2, 0.25) is 5.95 Å². The monoisotopic (exact) mass is 541 g/mol. The molecule has 0 radical (unpaired) electrons. The van der Waals surface area contributed by atoms with E-state index < -0.39 is 5.60 Å². The van der Waals surface area contributed by atoms with Gasteiger partial charge in [-0.25, -0.2) is 9.97 Å². The molecule has 32 heavy (non-hydrogen) atoms. The van der Waals surface area contributed by atoms with Crippen molar-refractivity contribution in [3.8, 4) is 11.7 Å². The standard InChI is InChI=1S/C25H24IN3O3/c1-25(2,3)32-23(30)15-18-7-4-5-8-22(18)31-16-17-13-20(26)19-9-12-29(21(19)14-17)24-27-10-6-11-28-24/h4-14H,15-16H2,1-3H3. The highest BCUT2D eigenvalue weighted by Gasteiger charge is 2.18. The zero-order valence-electron chi connectivity index (χ0n) is 18.2. The van der Waals surface area contributed by atoms with Crippen molar-refractivity contribution in [1.82, 2.24) is 14.5 Å². The quantitative estimate of drug-likeness (QED) is 0.239. The van der Waals surface area contributed by atoms with Crippen LogP contribution >= 0.6 is 22.6 Å². The van der Waals surface area contributed by atoms with Crippen molar-refractivity contribution in [1.29, 1.82) is 0 Å². The average molecular weight is 541 g/mol. The van der Waals surface area contributed by atoms with Crippen LogP contribution in [-0.4, -0.2) is 26.1 Å². The second-order valence-corrected chi connectivity index (χ2v) is 9.57. The van der Waals surface area contributed by atoms with E-state index in [0.717, 1.165) is 25.6 Å². The average Bonchev–Trinajstić information content (AvgIpc) is 3.17. The minimum Gasteiger partial charge on any atom is -0.489 e. The zero-order valence-corrected chi connectivity index (χ0v) is 20.4. The zero-order chi connectivity index (χ0) is 22.7. The molecule has 0 N–H and O–H groups in total. The molecule has 2 aromatic heterocycles. The lowest BCUT2D eigenvalue weighted by atomic mass is 10.1. The summed E-state index contributed by atoms with van der Waals surface area (Å²) in [5.41, 5.74) is 2.32. The molecule has 0 fully saturated rings. The van der Waals surface area contributed by atoms with Gasteiger partial charge in [-0.1, -0.05) is 18.2 Å². The van der Waals surface area contributed by atoms with Crippen molar-refractivity contribution >= 4 is 39.5 Å². The second kappa shape index (κ2) is 9.28. The molecule has 0 aliphatic rings. The van der Waals surface area contributed by atoms with Gasteiger partial charge in [0.05, 0.1) is 11.9 Å². The molecule has 2 heterocycles. The van der Waals surface area contributed by atoms with Gasteiger partial charge in [-0.05, 0) is 79.3 Å². The predicted molar refractivity (Wildman–Crippen MR) is 132 cm³/mol. The minimum absolute atomic E-state index is 0.165. The van der Waals surface area contributed by atoms with Gasteiger partial charge in [-0.3, -0.25) is 9.36 Å². The Labute approximate surface area is 200 Å². The summed E-state index contributed by atoms with van der Waals surface area (Å²) in [6, 6.07) is 15.6. The van der Waals surface area contributed by atoms with Gasteiger partial charge in [0, 0.05) is 33.1 Å². The van der Waals surface area contributed by atoms with E-state index in [1.165, 1.54) is 0 Å². The highest BCUT2D eigenvalue weighted by molar-refractivity contribution is 14.1. The fourth-order valence-corrected chi connectivity index (χ4v) is 4.27. The van der Waals surface area contributed by atoms with Crippen molar-refractivity contribution in [2.75, 3.05) is 0 Å². The van der Waals surface area contributed by atoms with Gasteiger partial charge in [0.1, 0.15) is 18.0 Å². The summed E-state index contributed by atoms with van der Waals surface area (Å²) >= 11 is 2.33. The Morgan fingerprint density at radius 2 is 1.81 bits per heavy atom. The van der Waals surface area contributed by atoms with Crippen molar-refractivity contribution in [3.05, 3.63) is 81.8 Å². The van der Waals surface area contributed by atoms with Crippen LogP contribution in [0.1, 0.15) is 31.9 Å². The SMILES string of the molecule is CC(C)(C)OC(=O)Cc1ccccc1OCc1cc(I)c2ccn(-c3ncccn3)c2c1. The van der Waals surface area contributed by atoms with Crippen LogP contribution in [0.25, 0.3) is 16.9 Å². The fourth-order valence-electron chi connectivity index (χ4n) is 3.41. The smallest absolute Gasteiger partial charge is 0.310 e. The minimum atomic E-state index is -0.517. The third kappa shape index (κ3) is 5.27. The van der Waals surface area contributed by atoms with E-state index in [4.69, 9.17) is 9.47 Å². The van der Waals surface area contributed by atoms with Gasteiger partial charge in [0.15, 0.2) is 0 Å². The number of halogens is 1. The number of rotatable bonds is 6. The molecular weight excluding hydrogens is 517 g/mol. The maximum absolute atomic E-state index is 12.3. The molecule has 0 atom stereocenters. The molecule has 0 saturated carbocycles. The first-order valence-electron chi connectivity index (χ1n) is 10.3. The van der Waals surface area contributed by atoms with Gasteiger partial charge in [-0.2, -0.15) is 0 Å². The summed E-state index contributed by atoms with van der Waals surface area (Å²) < 4.78 is 14.7. The summed E-state index contributed by atoms with van der Waals surface area (Å²) in [6.45, 7) is 5.96. The van der Waals surface area contributed by atoms with Gasteiger partial charge in [0.25, 0.3) is 0 Å². The first-order valence-corrected chi connectivity index (χ1v) is 11.4. The molecule has 0 amide bonds. The molecule has 0 saturated heterocycles. The number of carbonyl (C=O) groups excluding carboxylic acids is 1. The summed E-state index contributed by atoms with van der Waals surface area (Å²) in [6.07, 6.45) is 5.60. The van der Waals surface area contributed by atoms with Crippen molar-refractivity contribution in [2.45, 2.75) is 39.4 Å². The number of carbonyl (C=O) groups is 1. The van der Waals surface area contributed by atoms with Gasteiger partial charge in [-0.15, -0.1) is 0 Å². The number of para-hydroxylation sites is 1. The van der Waals surface area contributed by atoms with E-state index in [9.17, 15) is 4.79 Å². The molecule has 0 aliphatic heterocycles. The lowest BCUT2D eigenvalue weighted by Gasteiger charge is -2.20. The number of esters is 1.